The van der Waals surface area contributed by atoms with Crippen LogP contribution in [0.5, 0.6) is 0 Å². The first-order valence-corrected chi connectivity index (χ1v) is 6.15. The van der Waals surface area contributed by atoms with Crippen LogP contribution in [0.15, 0.2) is 18.3 Å². The number of hydrogen-bond acceptors (Lipinski definition) is 4. The number of pyridine rings is 1. The van der Waals surface area contributed by atoms with Crippen molar-refractivity contribution < 1.29 is 9.84 Å². The average Bonchev–Trinajstić information content (AvgIpc) is 2.35. The van der Waals surface area contributed by atoms with Crippen molar-refractivity contribution in [3.8, 4) is 0 Å². The van der Waals surface area contributed by atoms with Crippen LogP contribution in [0.4, 0.5) is 5.82 Å². The molecule has 0 aliphatic heterocycles. The van der Waals surface area contributed by atoms with Crippen LogP contribution in [-0.2, 0) is 4.74 Å². The molecule has 1 N–H and O–H groups in total. The first-order valence-electron chi connectivity index (χ1n) is 6.15. The predicted molar refractivity (Wildman–Crippen MR) is 69.3 cm³/mol. The molecule has 0 amide bonds. The fourth-order valence-corrected chi connectivity index (χ4v) is 1.59. The van der Waals surface area contributed by atoms with E-state index in [9.17, 15) is 5.11 Å². The van der Waals surface area contributed by atoms with Crippen LogP contribution in [0, 0.1) is 0 Å². The van der Waals surface area contributed by atoms with Gasteiger partial charge < -0.3 is 14.7 Å². The molecule has 1 aromatic heterocycles. The summed E-state index contributed by atoms with van der Waals surface area (Å²) >= 11 is 0. The second-order valence-corrected chi connectivity index (χ2v) is 3.90. The highest BCUT2D eigenvalue weighted by Gasteiger charge is 2.07. The minimum Gasteiger partial charge on any atom is -0.389 e. The van der Waals surface area contributed by atoms with E-state index in [4.69, 9.17) is 4.74 Å². The highest BCUT2D eigenvalue weighted by molar-refractivity contribution is 5.39. The van der Waals surface area contributed by atoms with Gasteiger partial charge in [-0.15, -0.1) is 0 Å². The molecule has 0 bridgehead atoms. The Balaban J connectivity index is 2.62. The molecule has 0 aliphatic rings. The van der Waals surface area contributed by atoms with E-state index in [1.165, 1.54) is 0 Å². The van der Waals surface area contributed by atoms with Gasteiger partial charge in [-0.3, -0.25) is 0 Å². The molecule has 0 aliphatic carbocycles. The minimum atomic E-state index is -0.463. The third kappa shape index (κ3) is 4.32. The van der Waals surface area contributed by atoms with Gasteiger partial charge in [0.05, 0.1) is 12.7 Å². The molecular formula is C13H22N2O2. The molecule has 0 saturated carbocycles. The van der Waals surface area contributed by atoms with Crippen molar-refractivity contribution in [3.63, 3.8) is 0 Å². The summed E-state index contributed by atoms with van der Waals surface area (Å²) in [5.74, 6) is 0.927. The zero-order valence-corrected chi connectivity index (χ0v) is 10.9. The Morgan fingerprint density at radius 2 is 2.18 bits per heavy atom. The van der Waals surface area contributed by atoms with Crippen molar-refractivity contribution >= 4 is 5.82 Å². The lowest BCUT2D eigenvalue weighted by Gasteiger charge is -2.22. The summed E-state index contributed by atoms with van der Waals surface area (Å²) in [7, 11) is 0. The molecule has 0 radical (unpaired) electrons. The monoisotopic (exact) mass is 238 g/mol. The number of rotatable bonds is 7. The van der Waals surface area contributed by atoms with E-state index >= 15 is 0 Å². The quantitative estimate of drug-likeness (QED) is 0.738. The lowest BCUT2D eigenvalue weighted by Crippen LogP contribution is -2.28. The zero-order chi connectivity index (χ0) is 12.7. The summed E-state index contributed by atoms with van der Waals surface area (Å²) in [5, 5.41) is 9.41. The SMILES string of the molecule is CCOCCN(CC)c1ccc([C@@H](C)O)cn1. The van der Waals surface area contributed by atoms with Crippen LogP contribution in [0.1, 0.15) is 32.4 Å². The smallest absolute Gasteiger partial charge is 0.128 e. The maximum atomic E-state index is 9.41. The largest absolute Gasteiger partial charge is 0.389 e. The van der Waals surface area contributed by atoms with Crippen molar-refractivity contribution in [2.24, 2.45) is 0 Å². The molecule has 0 fully saturated rings. The van der Waals surface area contributed by atoms with E-state index in [2.05, 4.69) is 16.8 Å². The van der Waals surface area contributed by atoms with Gasteiger partial charge in [0.15, 0.2) is 0 Å². The van der Waals surface area contributed by atoms with Gasteiger partial charge in [-0.1, -0.05) is 6.07 Å². The van der Waals surface area contributed by atoms with Crippen LogP contribution < -0.4 is 4.90 Å². The Labute approximate surface area is 103 Å². The van der Waals surface area contributed by atoms with E-state index in [0.29, 0.717) is 6.61 Å². The molecular weight excluding hydrogens is 216 g/mol. The van der Waals surface area contributed by atoms with E-state index in [1.807, 2.05) is 19.1 Å². The first-order chi connectivity index (χ1) is 8.19. The van der Waals surface area contributed by atoms with Crippen LogP contribution >= 0.6 is 0 Å². The molecule has 17 heavy (non-hydrogen) atoms. The number of aliphatic hydroxyl groups excluding tert-OH is 1. The fraction of sp³-hybridized carbons (Fsp3) is 0.615. The minimum absolute atomic E-state index is 0.463. The average molecular weight is 238 g/mol. The molecule has 4 heteroatoms. The lowest BCUT2D eigenvalue weighted by molar-refractivity contribution is 0.154. The number of aromatic nitrogens is 1. The molecule has 96 valence electrons. The van der Waals surface area contributed by atoms with Crippen molar-refractivity contribution in [1.29, 1.82) is 0 Å². The highest BCUT2D eigenvalue weighted by atomic mass is 16.5. The topological polar surface area (TPSA) is 45.6 Å². The van der Waals surface area contributed by atoms with E-state index < -0.39 is 6.10 Å². The van der Waals surface area contributed by atoms with Gasteiger partial charge in [-0.2, -0.15) is 0 Å². The van der Waals surface area contributed by atoms with E-state index in [0.717, 1.165) is 31.1 Å². The Hall–Kier alpha value is -1.13. The normalized spacial score (nSPS) is 12.5. The van der Waals surface area contributed by atoms with Crippen LogP contribution in [-0.4, -0.2) is 36.4 Å². The zero-order valence-electron chi connectivity index (χ0n) is 10.9. The molecule has 1 heterocycles. The van der Waals surface area contributed by atoms with Gasteiger partial charge in [-0.25, -0.2) is 4.98 Å². The summed E-state index contributed by atoms with van der Waals surface area (Å²) in [4.78, 5) is 6.51. The Bertz CT molecular complexity index is 312. The highest BCUT2D eigenvalue weighted by Crippen LogP contribution is 2.15. The number of ether oxygens (including phenoxy) is 1. The Morgan fingerprint density at radius 3 is 2.65 bits per heavy atom. The second kappa shape index (κ2) is 7.25. The van der Waals surface area contributed by atoms with Gasteiger partial charge in [0.2, 0.25) is 0 Å². The number of aliphatic hydroxyl groups is 1. The van der Waals surface area contributed by atoms with Gasteiger partial charge in [-0.05, 0) is 32.4 Å². The number of likely N-dealkylation sites (N-methyl/N-ethyl adjacent to an activating group) is 1. The van der Waals surface area contributed by atoms with Crippen LogP contribution in [0.2, 0.25) is 0 Å². The molecule has 1 aromatic rings. The number of anilines is 1. The standard InChI is InChI=1S/C13H22N2O2/c1-4-15(8-9-17-5-2)13-7-6-12(10-14-13)11(3)16/h6-7,10-11,16H,4-5,8-9H2,1-3H3/t11-/m1/s1. The summed E-state index contributed by atoms with van der Waals surface area (Å²) in [5.41, 5.74) is 0.842. The van der Waals surface area contributed by atoms with Crippen LogP contribution in [0.25, 0.3) is 0 Å². The molecule has 0 spiro atoms. The number of nitrogens with zero attached hydrogens (tertiary/aromatic N) is 2. The van der Waals surface area contributed by atoms with Gasteiger partial charge in [0.1, 0.15) is 5.82 Å². The fourth-order valence-electron chi connectivity index (χ4n) is 1.59. The van der Waals surface area contributed by atoms with Gasteiger partial charge >= 0.3 is 0 Å². The molecule has 1 rings (SSSR count). The third-order valence-corrected chi connectivity index (χ3v) is 2.67. The van der Waals surface area contributed by atoms with E-state index in [1.54, 1.807) is 13.1 Å². The summed E-state index contributed by atoms with van der Waals surface area (Å²) in [6, 6.07) is 3.85. The summed E-state index contributed by atoms with van der Waals surface area (Å²) < 4.78 is 5.34. The van der Waals surface area contributed by atoms with Crippen molar-refractivity contribution in [2.75, 3.05) is 31.2 Å². The first kappa shape index (κ1) is 13.9. The summed E-state index contributed by atoms with van der Waals surface area (Å²) in [6.07, 6.45) is 1.26. The maximum absolute atomic E-state index is 9.41. The molecule has 0 saturated heterocycles. The van der Waals surface area contributed by atoms with Crippen LogP contribution in [0.3, 0.4) is 0 Å². The van der Waals surface area contributed by atoms with Crippen molar-refractivity contribution in [3.05, 3.63) is 23.9 Å². The third-order valence-electron chi connectivity index (χ3n) is 2.67. The van der Waals surface area contributed by atoms with Gasteiger partial charge in [0, 0.05) is 25.9 Å². The molecule has 0 unspecified atom stereocenters. The second-order valence-electron chi connectivity index (χ2n) is 3.90. The van der Waals surface area contributed by atoms with Gasteiger partial charge in [0.25, 0.3) is 0 Å². The van der Waals surface area contributed by atoms with E-state index in [-0.39, 0.29) is 0 Å². The molecule has 1 atom stereocenters. The Kier molecular flexibility index (Phi) is 5.94. The molecule has 4 nitrogen and oxygen atoms in total. The van der Waals surface area contributed by atoms with Crippen molar-refractivity contribution in [2.45, 2.75) is 26.9 Å². The van der Waals surface area contributed by atoms with Crippen molar-refractivity contribution in [1.82, 2.24) is 4.98 Å². The Morgan fingerprint density at radius 1 is 1.41 bits per heavy atom. The predicted octanol–water partition coefficient (Wildman–Crippen LogP) is 2.00. The number of hydrogen-bond donors (Lipinski definition) is 1. The lowest BCUT2D eigenvalue weighted by atomic mass is 10.2. The summed E-state index contributed by atoms with van der Waals surface area (Å²) in [6.45, 7) is 9.02. The maximum Gasteiger partial charge on any atom is 0.128 e. The molecule has 0 aromatic carbocycles.